The maximum atomic E-state index is 15.6. The maximum Gasteiger partial charge on any atom is 0.197 e. The quantitative estimate of drug-likeness (QED) is 0.652. The highest BCUT2D eigenvalue weighted by Gasteiger charge is 2.51. The fraction of sp³-hybridized carbons (Fsp3) is 0.760. The third-order valence-electron chi connectivity index (χ3n) is 7.76. The topological polar surface area (TPSA) is 30.9 Å². The van der Waals surface area contributed by atoms with Gasteiger partial charge in [-0.1, -0.05) is 0 Å². The Labute approximate surface area is 180 Å². The van der Waals surface area contributed by atoms with Crippen molar-refractivity contribution in [2.45, 2.75) is 83.5 Å². The SMILES string of the molecule is COc1cc2c(c(F)c1OCC13CCC(C1)C3)CCN1CC(OC(C)(C)C)CCC21. The average Bonchev–Trinajstić information content (AvgIpc) is 3.26. The van der Waals surface area contributed by atoms with Gasteiger partial charge >= 0.3 is 0 Å². The van der Waals surface area contributed by atoms with Gasteiger partial charge in [-0.05, 0) is 88.8 Å². The molecule has 1 saturated heterocycles. The van der Waals surface area contributed by atoms with Crippen LogP contribution in [0, 0.1) is 17.2 Å². The van der Waals surface area contributed by atoms with E-state index in [0.717, 1.165) is 43.0 Å². The molecule has 4 nitrogen and oxygen atoms in total. The molecule has 0 N–H and O–H groups in total. The van der Waals surface area contributed by atoms with Gasteiger partial charge < -0.3 is 14.2 Å². The van der Waals surface area contributed by atoms with Crippen molar-refractivity contribution in [3.63, 3.8) is 0 Å². The third kappa shape index (κ3) is 3.62. The van der Waals surface area contributed by atoms with Gasteiger partial charge in [0.1, 0.15) is 0 Å². The molecular formula is C25H36FNO3. The molecule has 2 bridgehead atoms. The summed E-state index contributed by atoms with van der Waals surface area (Å²) in [5.41, 5.74) is 2.07. The minimum atomic E-state index is -0.192. The number of hydrogen-bond donors (Lipinski definition) is 0. The van der Waals surface area contributed by atoms with Gasteiger partial charge in [-0.25, -0.2) is 4.39 Å². The number of rotatable bonds is 5. The van der Waals surface area contributed by atoms with Gasteiger partial charge in [0.15, 0.2) is 17.3 Å². The molecule has 1 aromatic rings. The van der Waals surface area contributed by atoms with E-state index in [1.54, 1.807) is 7.11 Å². The summed E-state index contributed by atoms with van der Waals surface area (Å²) in [5.74, 6) is 1.57. The Hall–Kier alpha value is -1.33. The Morgan fingerprint density at radius 3 is 2.67 bits per heavy atom. The van der Waals surface area contributed by atoms with Crippen LogP contribution in [0.2, 0.25) is 0 Å². The van der Waals surface area contributed by atoms with Crippen LogP contribution in [0.5, 0.6) is 11.5 Å². The van der Waals surface area contributed by atoms with Crippen molar-refractivity contribution in [3.05, 3.63) is 23.0 Å². The van der Waals surface area contributed by atoms with Crippen LogP contribution in [0.15, 0.2) is 6.07 Å². The summed E-state index contributed by atoms with van der Waals surface area (Å²) >= 11 is 0. The van der Waals surface area contributed by atoms with Crippen LogP contribution in [-0.2, 0) is 11.2 Å². The fourth-order valence-electron chi connectivity index (χ4n) is 6.46. The Balaban J connectivity index is 1.35. The number of halogens is 1. The van der Waals surface area contributed by atoms with Crippen LogP contribution in [0.25, 0.3) is 0 Å². The Morgan fingerprint density at radius 1 is 1.20 bits per heavy atom. The number of benzene rings is 1. The first-order chi connectivity index (χ1) is 14.3. The molecule has 0 spiro atoms. The lowest BCUT2D eigenvalue weighted by molar-refractivity contribution is -0.0972. The average molecular weight is 418 g/mol. The molecule has 5 heteroatoms. The van der Waals surface area contributed by atoms with E-state index >= 15 is 4.39 Å². The number of piperidine rings is 1. The molecule has 30 heavy (non-hydrogen) atoms. The first-order valence-corrected chi connectivity index (χ1v) is 11.7. The van der Waals surface area contributed by atoms with E-state index in [0.29, 0.717) is 29.9 Å². The molecule has 6 rings (SSSR count). The lowest BCUT2D eigenvalue weighted by Gasteiger charge is -2.45. The summed E-state index contributed by atoms with van der Waals surface area (Å²) in [4.78, 5) is 2.47. The summed E-state index contributed by atoms with van der Waals surface area (Å²) in [5, 5.41) is 0. The number of fused-ring (bicyclic) bond motifs is 4. The normalized spacial score (nSPS) is 32.9. The highest BCUT2D eigenvalue weighted by atomic mass is 19.1. The molecule has 2 atom stereocenters. The Bertz CT molecular complexity index is 806. The highest BCUT2D eigenvalue weighted by Crippen LogP contribution is 2.59. The molecule has 5 aliphatic rings. The lowest BCUT2D eigenvalue weighted by Crippen LogP contribution is -2.47. The first kappa shape index (κ1) is 20.6. The predicted molar refractivity (Wildman–Crippen MR) is 115 cm³/mol. The number of methoxy groups -OCH3 is 1. The molecule has 0 amide bonds. The molecule has 2 unspecified atom stereocenters. The van der Waals surface area contributed by atoms with Crippen molar-refractivity contribution in [1.82, 2.24) is 4.90 Å². The third-order valence-corrected chi connectivity index (χ3v) is 7.76. The van der Waals surface area contributed by atoms with Crippen molar-refractivity contribution in [3.8, 4) is 11.5 Å². The highest BCUT2D eigenvalue weighted by molar-refractivity contribution is 5.51. The molecule has 0 radical (unpaired) electrons. The molecule has 3 saturated carbocycles. The van der Waals surface area contributed by atoms with Gasteiger partial charge in [0.2, 0.25) is 0 Å². The smallest absolute Gasteiger partial charge is 0.197 e. The Kier molecular flexibility index (Phi) is 5.05. The summed E-state index contributed by atoms with van der Waals surface area (Å²) in [6.45, 7) is 8.74. The van der Waals surface area contributed by atoms with Gasteiger partial charge in [0.05, 0.1) is 25.4 Å². The maximum absolute atomic E-state index is 15.6. The second-order valence-corrected chi connectivity index (χ2v) is 11.1. The zero-order valence-electron chi connectivity index (χ0n) is 18.9. The van der Waals surface area contributed by atoms with Crippen molar-refractivity contribution in [2.24, 2.45) is 11.3 Å². The zero-order valence-corrected chi connectivity index (χ0v) is 18.9. The van der Waals surface area contributed by atoms with Gasteiger partial charge in [-0.3, -0.25) is 4.90 Å². The molecule has 1 aromatic carbocycles. The first-order valence-electron chi connectivity index (χ1n) is 11.7. The van der Waals surface area contributed by atoms with Crippen LogP contribution in [-0.4, -0.2) is 43.4 Å². The van der Waals surface area contributed by atoms with E-state index in [1.807, 2.05) is 6.07 Å². The molecule has 166 valence electrons. The summed E-state index contributed by atoms with van der Waals surface area (Å²) in [6.07, 6.45) is 7.98. The summed E-state index contributed by atoms with van der Waals surface area (Å²) < 4.78 is 33.6. The van der Waals surface area contributed by atoms with Crippen LogP contribution >= 0.6 is 0 Å². The minimum absolute atomic E-state index is 0.133. The lowest BCUT2D eigenvalue weighted by atomic mass is 9.70. The van der Waals surface area contributed by atoms with E-state index in [1.165, 1.54) is 25.7 Å². The second-order valence-electron chi connectivity index (χ2n) is 11.1. The van der Waals surface area contributed by atoms with Crippen molar-refractivity contribution in [2.75, 3.05) is 26.8 Å². The van der Waals surface area contributed by atoms with Crippen LogP contribution in [0.4, 0.5) is 4.39 Å². The second kappa shape index (κ2) is 7.37. The summed E-state index contributed by atoms with van der Waals surface area (Å²) in [7, 11) is 1.62. The minimum Gasteiger partial charge on any atom is -0.493 e. The molecule has 3 aliphatic carbocycles. The van der Waals surface area contributed by atoms with Gasteiger partial charge in [0.25, 0.3) is 0 Å². The molecular weight excluding hydrogens is 381 g/mol. The zero-order chi connectivity index (χ0) is 21.1. The summed E-state index contributed by atoms with van der Waals surface area (Å²) in [6, 6.07) is 2.29. The van der Waals surface area contributed by atoms with E-state index in [9.17, 15) is 0 Å². The van der Waals surface area contributed by atoms with Gasteiger partial charge in [-0.2, -0.15) is 0 Å². The van der Waals surface area contributed by atoms with Crippen LogP contribution in [0.1, 0.15) is 76.5 Å². The van der Waals surface area contributed by atoms with E-state index in [4.69, 9.17) is 14.2 Å². The number of nitrogens with zero attached hydrogens (tertiary/aromatic N) is 1. The Morgan fingerprint density at radius 2 is 2.00 bits per heavy atom. The predicted octanol–water partition coefficient (Wildman–Crippen LogP) is 5.28. The van der Waals surface area contributed by atoms with Crippen LogP contribution < -0.4 is 9.47 Å². The monoisotopic (exact) mass is 417 g/mol. The standard InChI is InChI=1S/C25H36FNO3/c1-24(2,3)30-17-5-6-20-19-11-21(28-4)23(22(26)18(19)8-10-27(20)14-17)29-15-25-9-7-16(12-25)13-25/h11,16-17,20H,5-10,12-15H2,1-4H3. The largest absolute Gasteiger partial charge is 0.493 e. The van der Waals surface area contributed by atoms with Crippen molar-refractivity contribution < 1.29 is 18.6 Å². The molecule has 2 aliphatic heterocycles. The van der Waals surface area contributed by atoms with Crippen LogP contribution in [0.3, 0.4) is 0 Å². The molecule has 2 heterocycles. The molecule has 4 fully saturated rings. The van der Waals surface area contributed by atoms with E-state index in [2.05, 4.69) is 25.7 Å². The number of hydrogen-bond acceptors (Lipinski definition) is 4. The van der Waals surface area contributed by atoms with Crippen molar-refractivity contribution >= 4 is 0 Å². The van der Waals surface area contributed by atoms with Gasteiger partial charge in [-0.15, -0.1) is 0 Å². The van der Waals surface area contributed by atoms with E-state index < -0.39 is 0 Å². The van der Waals surface area contributed by atoms with Gasteiger partial charge in [0, 0.05) is 24.5 Å². The molecule has 0 aromatic heterocycles. The number of ether oxygens (including phenoxy) is 3. The fourth-order valence-corrected chi connectivity index (χ4v) is 6.46. The van der Waals surface area contributed by atoms with Crippen molar-refractivity contribution in [1.29, 1.82) is 0 Å². The van der Waals surface area contributed by atoms with E-state index in [-0.39, 0.29) is 23.6 Å².